The lowest BCUT2D eigenvalue weighted by Crippen LogP contribution is -2.28. The van der Waals surface area contributed by atoms with Crippen LogP contribution in [0.2, 0.25) is 0 Å². The van der Waals surface area contributed by atoms with E-state index in [-0.39, 0.29) is 13.0 Å². The second kappa shape index (κ2) is 6.92. The number of ether oxygens (including phenoxy) is 1. The van der Waals surface area contributed by atoms with E-state index in [1.807, 2.05) is 0 Å². The molecule has 0 aliphatic carbocycles. The van der Waals surface area contributed by atoms with Crippen molar-refractivity contribution in [2.45, 2.75) is 32.6 Å². The maximum Gasteiger partial charge on any atom is 0.559 e. The fourth-order valence-electron chi connectivity index (χ4n) is 0.494. The van der Waals surface area contributed by atoms with Crippen molar-refractivity contribution in [1.82, 2.24) is 0 Å². The molecule has 1 nitrogen and oxygen atoms in total. The van der Waals surface area contributed by atoms with E-state index in [0.717, 1.165) is 0 Å². The molecule has 0 bridgehead atoms. The largest absolute Gasteiger partial charge is 0.559 e. The number of hydrogen-bond acceptors (Lipinski definition) is 1. The molecule has 0 fully saturated rings. The highest BCUT2D eigenvalue weighted by Gasteiger charge is 2.27. The molecular formula is C7H12F6O. The zero-order valence-corrected chi connectivity index (χ0v) is 7.80. The summed E-state index contributed by atoms with van der Waals surface area (Å²) >= 11 is 0. The summed E-state index contributed by atoms with van der Waals surface area (Å²) in [6.07, 6.45) is -5.43. The Morgan fingerprint density at radius 3 is 1.43 bits per heavy atom. The summed E-state index contributed by atoms with van der Waals surface area (Å²) in [5.74, 6) is -2.03. The second-order valence-corrected chi connectivity index (χ2v) is 2.23. The van der Waals surface area contributed by atoms with Crippen molar-refractivity contribution in [3.63, 3.8) is 0 Å². The van der Waals surface area contributed by atoms with Gasteiger partial charge >= 0.3 is 6.43 Å². The zero-order valence-electron chi connectivity index (χ0n) is 7.80. The summed E-state index contributed by atoms with van der Waals surface area (Å²) in [7, 11) is 0. The average Bonchev–Trinajstić information content (AvgIpc) is 2.02. The third-order valence-electron chi connectivity index (χ3n) is 1.13. The predicted octanol–water partition coefficient (Wildman–Crippen LogP) is 3.54. The molecule has 88 valence electrons. The lowest BCUT2D eigenvalue weighted by molar-refractivity contribution is -0.237. The zero-order chi connectivity index (χ0) is 11.8. The third kappa shape index (κ3) is 14.1. The molecular weight excluding hydrogens is 214 g/mol. The van der Waals surface area contributed by atoms with Crippen LogP contribution in [0.5, 0.6) is 0 Å². The molecule has 0 heterocycles. The summed E-state index contributed by atoms with van der Waals surface area (Å²) in [5.41, 5.74) is 0. The van der Waals surface area contributed by atoms with E-state index in [2.05, 4.69) is 4.74 Å². The van der Waals surface area contributed by atoms with Gasteiger partial charge in [0.25, 0.3) is 0 Å². The van der Waals surface area contributed by atoms with Gasteiger partial charge in [-0.15, -0.1) is 17.6 Å². The Labute approximate surface area is 78.0 Å². The Balaban J connectivity index is 0. The molecule has 0 aliphatic heterocycles. The second-order valence-electron chi connectivity index (χ2n) is 2.23. The van der Waals surface area contributed by atoms with Crippen molar-refractivity contribution < 1.29 is 31.1 Å². The molecule has 0 amide bonds. The van der Waals surface area contributed by atoms with Crippen LogP contribution in [0.1, 0.15) is 20.3 Å². The van der Waals surface area contributed by atoms with Crippen LogP contribution in [0.3, 0.4) is 0 Å². The first-order chi connectivity index (χ1) is 6.18. The van der Waals surface area contributed by atoms with E-state index in [1.54, 1.807) is 13.8 Å². The van der Waals surface area contributed by atoms with Crippen LogP contribution >= 0.6 is 0 Å². The van der Waals surface area contributed by atoms with Crippen LogP contribution in [0.4, 0.5) is 26.3 Å². The number of rotatable bonds is 4. The SMILES string of the molecule is CCOC(F)(CC)CF.FC(F)(F)F. The fourth-order valence-corrected chi connectivity index (χ4v) is 0.494. The Kier molecular flexibility index (Phi) is 7.90. The molecule has 0 radical (unpaired) electrons. The van der Waals surface area contributed by atoms with Crippen molar-refractivity contribution in [2.75, 3.05) is 13.3 Å². The maximum atomic E-state index is 12.7. The van der Waals surface area contributed by atoms with Gasteiger partial charge in [-0.25, -0.2) is 8.78 Å². The maximum absolute atomic E-state index is 12.7. The summed E-state index contributed by atoms with van der Waals surface area (Å²) in [6, 6.07) is 0. The molecule has 7 heteroatoms. The minimum absolute atomic E-state index is 0.0668. The van der Waals surface area contributed by atoms with Crippen molar-refractivity contribution in [3.05, 3.63) is 0 Å². The van der Waals surface area contributed by atoms with E-state index in [4.69, 9.17) is 0 Å². The lowest BCUT2D eigenvalue weighted by Gasteiger charge is -2.18. The summed E-state index contributed by atoms with van der Waals surface area (Å²) in [5, 5.41) is 0. The molecule has 0 rings (SSSR count). The van der Waals surface area contributed by atoms with E-state index in [9.17, 15) is 26.3 Å². The van der Waals surface area contributed by atoms with Crippen LogP contribution in [0.25, 0.3) is 0 Å². The molecule has 0 saturated heterocycles. The molecule has 14 heavy (non-hydrogen) atoms. The standard InChI is InChI=1S/C6H12F2O.CF4/c1-3-6(8,5-7)9-4-2;2-1(3,4)5/h3-5H2,1-2H3;. The number of hydrogen-bond donors (Lipinski definition) is 0. The van der Waals surface area contributed by atoms with Gasteiger partial charge in [-0.2, -0.15) is 0 Å². The Morgan fingerprint density at radius 1 is 1.00 bits per heavy atom. The van der Waals surface area contributed by atoms with Crippen LogP contribution < -0.4 is 0 Å². The van der Waals surface area contributed by atoms with E-state index >= 15 is 0 Å². The smallest absolute Gasteiger partial charge is 0.344 e. The van der Waals surface area contributed by atoms with Gasteiger partial charge < -0.3 is 4.74 Å². The van der Waals surface area contributed by atoms with Crippen molar-refractivity contribution in [3.8, 4) is 0 Å². The van der Waals surface area contributed by atoms with Crippen molar-refractivity contribution in [1.29, 1.82) is 0 Å². The first-order valence-corrected chi connectivity index (χ1v) is 3.83. The van der Waals surface area contributed by atoms with Gasteiger partial charge in [-0.3, -0.25) is 0 Å². The summed E-state index contributed by atoms with van der Waals surface area (Å²) in [6.45, 7) is 2.35. The van der Waals surface area contributed by atoms with E-state index < -0.39 is 19.0 Å². The van der Waals surface area contributed by atoms with Gasteiger partial charge in [0.1, 0.15) is 6.67 Å². The number of alkyl halides is 6. The molecule has 0 aromatic heterocycles. The van der Waals surface area contributed by atoms with Crippen LogP contribution in [0, 0.1) is 0 Å². The summed E-state index contributed by atoms with van der Waals surface area (Å²) in [4.78, 5) is 0. The van der Waals surface area contributed by atoms with E-state index in [0.29, 0.717) is 0 Å². The lowest BCUT2D eigenvalue weighted by atomic mass is 10.2. The molecule has 0 aromatic rings. The van der Waals surface area contributed by atoms with Gasteiger partial charge in [-0.05, 0) is 6.92 Å². The van der Waals surface area contributed by atoms with Gasteiger partial charge in [-0.1, -0.05) is 6.92 Å². The molecule has 0 aliphatic rings. The molecule has 1 unspecified atom stereocenters. The molecule has 0 aromatic carbocycles. The molecule has 0 saturated carbocycles. The minimum Gasteiger partial charge on any atom is -0.344 e. The summed E-state index contributed by atoms with van der Waals surface area (Å²) < 4.78 is 67.6. The van der Waals surface area contributed by atoms with Gasteiger partial charge in [0.05, 0.1) is 0 Å². The predicted molar refractivity (Wildman–Crippen MR) is 38.9 cm³/mol. The van der Waals surface area contributed by atoms with Crippen LogP contribution in [0.15, 0.2) is 0 Å². The topological polar surface area (TPSA) is 9.23 Å². The Bertz CT molecular complexity index is 125. The van der Waals surface area contributed by atoms with E-state index in [1.165, 1.54) is 0 Å². The number of halogens is 6. The average molecular weight is 226 g/mol. The van der Waals surface area contributed by atoms with Crippen molar-refractivity contribution >= 4 is 0 Å². The quantitative estimate of drug-likeness (QED) is 0.666. The molecule has 0 spiro atoms. The molecule has 1 atom stereocenters. The van der Waals surface area contributed by atoms with Gasteiger partial charge in [0.15, 0.2) is 0 Å². The third-order valence-corrected chi connectivity index (χ3v) is 1.13. The Hall–Kier alpha value is -0.460. The fraction of sp³-hybridized carbons (Fsp3) is 1.00. The van der Waals surface area contributed by atoms with Gasteiger partial charge in [0, 0.05) is 13.0 Å². The normalized spacial score (nSPS) is 15.4. The van der Waals surface area contributed by atoms with Crippen LogP contribution in [-0.2, 0) is 4.74 Å². The van der Waals surface area contributed by atoms with Crippen molar-refractivity contribution in [2.24, 2.45) is 0 Å². The first kappa shape index (κ1) is 16.0. The highest BCUT2D eigenvalue weighted by atomic mass is 19.5. The molecule has 0 N–H and O–H groups in total. The highest BCUT2D eigenvalue weighted by molar-refractivity contribution is 4.62. The van der Waals surface area contributed by atoms with Gasteiger partial charge in [0.2, 0.25) is 5.85 Å². The Morgan fingerprint density at radius 2 is 1.36 bits per heavy atom. The monoisotopic (exact) mass is 226 g/mol. The minimum atomic E-state index is -5.50. The first-order valence-electron chi connectivity index (χ1n) is 3.83. The highest BCUT2D eigenvalue weighted by Crippen LogP contribution is 2.17. The van der Waals surface area contributed by atoms with Crippen LogP contribution in [-0.4, -0.2) is 25.6 Å².